The first-order chi connectivity index (χ1) is 7.20. The SMILES string of the molecule is Fc1ccc(-c2csc(CCl)n2)cc1Cl. The highest BCUT2D eigenvalue weighted by molar-refractivity contribution is 7.10. The van der Waals surface area contributed by atoms with Gasteiger partial charge < -0.3 is 0 Å². The van der Waals surface area contributed by atoms with Gasteiger partial charge in [-0.3, -0.25) is 0 Å². The molecule has 0 aliphatic carbocycles. The first-order valence-electron chi connectivity index (χ1n) is 4.16. The zero-order chi connectivity index (χ0) is 10.8. The lowest BCUT2D eigenvalue weighted by atomic mass is 10.2. The van der Waals surface area contributed by atoms with Gasteiger partial charge in [0.05, 0.1) is 16.6 Å². The van der Waals surface area contributed by atoms with Crippen molar-refractivity contribution in [2.75, 3.05) is 0 Å². The van der Waals surface area contributed by atoms with Crippen LogP contribution in [-0.4, -0.2) is 4.98 Å². The van der Waals surface area contributed by atoms with Gasteiger partial charge in [-0.1, -0.05) is 11.6 Å². The van der Waals surface area contributed by atoms with Crippen molar-refractivity contribution in [1.29, 1.82) is 0 Å². The van der Waals surface area contributed by atoms with Crippen LogP contribution in [0, 0.1) is 5.82 Å². The van der Waals surface area contributed by atoms with E-state index in [0.29, 0.717) is 5.88 Å². The van der Waals surface area contributed by atoms with E-state index in [1.807, 2.05) is 5.38 Å². The van der Waals surface area contributed by atoms with Crippen molar-refractivity contribution < 1.29 is 4.39 Å². The molecule has 5 heteroatoms. The van der Waals surface area contributed by atoms with E-state index in [-0.39, 0.29) is 5.02 Å². The van der Waals surface area contributed by atoms with Crippen LogP contribution in [-0.2, 0) is 5.88 Å². The van der Waals surface area contributed by atoms with Crippen LogP contribution in [0.25, 0.3) is 11.3 Å². The van der Waals surface area contributed by atoms with E-state index >= 15 is 0 Å². The Hall–Kier alpha value is -0.640. The molecule has 1 aromatic carbocycles. The quantitative estimate of drug-likeness (QED) is 0.733. The largest absolute Gasteiger partial charge is 0.240 e. The molecule has 0 fully saturated rings. The molecule has 1 aromatic heterocycles. The summed E-state index contributed by atoms with van der Waals surface area (Å²) < 4.78 is 12.9. The van der Waals surface area contributed by atoms with E-state index < -0.39 is 5.82 Å². The van der Waals surface area contributed by atoms with Crippen LogP contribution in [0.4, 0.5) is 4.39 Å². The summed E-state index contributed by atoms with van der Waals surface area (Å²) in [7, 11) is 0. The summed E-state index contributed by atoms with van der Waals surface area (Å²) in [6.07, 6.45) is 0. The molecule has 78 valence electrons. The molecule has 0 bridgehead atoms. The van der Waals surface area contributed by atoms with Gasteiger partial charge in [-0.15, -0.1) is 22.9 Å². The molecule has 0 amide bonds. The summed E-state index contributed by atoms with van der Waals surface area (Å²) in [5.74, 6) is -0.0345. The van der Waals surface area contributed by atoms with Gasteiger partial charge >= 0.3 is 0 Å². The van der Waals surface area contributed by atoms with Gasteiger partial charge in [-0.2, -0.15) is 0 Å². The van der Waals surface area contributed by atoms with Gasteiger partial charge in [0.1, 0.15) is 10.8 Å². The van der Waals surface area contributed by atoms with Gasteiger partial charge in [0.2, 0.25) is 0 Å². The topological polar surface area (TPSA) is 12.9 Å². The maximum absolute atomic E-state index is 12.9. The number of benzene rings is 1. The van der Waals surface area contributed by atoms with Crippen LogP contribution >= 0.6 is 34.5 Å². The number of aromatic nitrogens is 1. The smallest absolute Gasteiger partial charge is 0.141 e. The lowest BCUT2D eigenvalue weighted by Gasteiger charge is -1.98. The molecule has 0 saturated carbocycles. The summed E-state index contributed by atoms with van der Waals surface area (Å²) in [5, 5.41) is 2.82. The van der Waals surface area contributed by atoms with Crippen molar-refractivity contribution in [2.45, 2.75) is 5.88 Å². The number of hydrogen-bond donors (Lipinski definition) is 0. The fourth-order valence-corrected chi connectivity index (χ4v) is 2.24. The number of thiazole rings is 1. The predicted octanol–water partition coefficient (Wildman–Crippen LogP) is 4.34. The molecular formula is C10H6Cl2FNS. The summed E-state index contributed by atoms with van der Waals surface area (Å²) in [4.78, 5) is 4.28. The number of alkyl halides is 1. The summed E-state index contributed by atoms with van der Waals surface area (Å²) >= 11 is 12.8. The van der Waals surface area contributed by atoms with Crippen LogP contribution in [0.3, 0.4) is 0 Å². The maximum Gasteiger partial charge on any atom is 0.141 e. The molecule has 1 heterocycles. The first kappa shape index (κ1) is 10.9. The average molecular weight is 262 g/mol. The normalized spacial score (nSPS) is 10.6. The van der Waals surface area contributed by atoms with Crippen LogP contribution in [0.1, 0.15) is 5.01 Å². The fraction of sp³-hybridized carbons (Fsp3) is 0.100. The van der Waals surface area contributed by atoms with Crippen molar-refractivity contribution in [2.24, 2.45) is 0 Å². The number of halogens is 3. The lowest BCUT2D eigenvalue weighted by molar-refractivity contribution is 0.628. The van der Waals surface area contributed by atoms with Gasteiger partial charge in [0, 0.05) is 10.9 Å². The molecule has 0 N–H and O–H groups in total. The Labute approximate surface area is 100 Å². The van der Waals surface area contributed by atoms with Gasteiger partial charge in [-0.05, 0) is 18.2 Å². The Bertz CT molecular complexity index is 484. The van der Waals surface area contributed by atoms with Crippen molar-refractivity contribution >= 4 is 34.5 Å². The molecular weight excluding hydrogens is 256 g/mol. The van der Waals surface area contributed by atoms with E-state index in [0.717, 1.165) is 16.3 Å². The van der Waals surface area contributed by atoms with E-state index in [2.05, 4.69) is 4.98 Å². The molecule has 0 aliphatic rings. The Morgan fingerprint density at radius 1 is 1.40 bits per heavy atom. The Kier molecular flexibility index (Phi) is 3.24. The van der Waals surface area contributed by atoms with Gasteiger partial charge in [0.25, 0.3) is 0 Å². The van der Waals surface area contributed by atoms with Crippen LogP contribution < -0.4 is 0 Å². The van der Waals surface area contributed by atoms with Crippen molar-refractivity contribution in [3.63, 3.8) is 0 Å². The van der Waals surface area contributed by atoms with E-state index in [1.165, 1.54) is 17.4 Å². The highest BCUT2D eigenvalue weighted by atomic mass is 35.5. The zero-order valence-corrected chi connectivity index (χ0v) is 9.83. The fourth-order valence-electron chi connectivity index (χ4n) is 1.16. The molecule has 0 atom stereocenters. The second-order valence-corrected chi connectivity index (χ2v) is 4.51. The van der Waals surface area contributed by atoms with Crippen molar-refractivity contribution in [3.05, 3.63) is 39.4 Å². The highest BCUT2D eigenvalue weighted by Crippen LogP contribution is 2.26. The second-order valence-electron chi connectivity index (χ2n) is 2.89. The van der Waals surface area contributed by atoms with Gasteiger partial charge in [-0.25, -0.2) is 9.37 Å². The standard InChI is InChI=1S/C10H6Cl2FNS/c11-4-10-14-9(5-15-10)6-1-2-8(13)7(12)3-6/h1-3,5H,4H2. The minimum absolute atomic E-state index is 0.105. The number of nitrogens with zero attached hydrogens (tertiary/aromatic N) is 1. The molecule has 0 spiro atoms. The maximum atomic E-state index is 12.9. The Morgan fingerprint density at radius 3 is 2.80 bits per heavy atom. The van der Waals surface area contributed by atoms with Crippen LogP contribution in [0.15, 0.2) is 23.6 Å². The highest BCUT2D eigenvalue weighted by Gasteiger charge is 2.06. The molecule has 1 nitrogen and oxygen atoms in total. The van der Waals surface area contributed by atoms with E-state index in [9.17, 15) is 4.39 Å². The van der Waals surface area contributed by atoms with E-state index in [4.69, 9.17) is 23.2 Å². The molecule has 0 saturated heterocycles. The molecule has 2 aromatic rings. The average Bonchev–Trinajstić information content (AvgIpc) is 2.70. The van der Waals surface area contributed by atoms with Crippen molar-refractivity contribution in [3.8, 4) is 11.3 Å². The zero-order valence-electron chi connectivity index (χ0n) is 7.51. The van der Waals surface area contributed by atoms with Crippen LogP contribution in [0.5, 0.6) is 0 Å². The Morgan fingerprint density at radius 2 is 2.20 bits per heavy atom. The lowest BCUT2D eigenvalue weighted by Crippen LogP contribution is -1.82. The molecule has 15 heavy (non-hydrogen) atoms. The second kappa shape index (κ2) is 4.47. The minimum atomic E-state index is -0.423. The number of rotatable bonds is 2. The molecule has 2 rings (SSSR count). The van der Waals surface area contributed by atoms with Gasteiger partial charge in [0.15, 0.2) is 0 Å². The molecule has 0 radical (unpaired) electrons. The third-order valence-corrected chi connectivity index (χ3v) is 3.43. The number of hydrogen-bond acceptors (Lipinski definition) is 2. The van der Waals surface area contributed by atoms with Crippen LogP contribution in [0.2, 0.25) is 5.02 Å². The summed E-state index contributed by atoms with van der Waals surface area (Å²) in [5.41, 5.74) is 1.58. The first-order valence-corrected chi connectivity index (χ1v) is 5.95. The molecule has 0 aliphatic heterocycles. The summed E-state index contributed by atoms with van der Waals surface area (Å²) in [6.45, 7) is 0. The molecule has 0 unspecified atom stereocenters. The summed E-state index contributed by atoms with van der Waals surface area (Å²) in [6, 6.07) is 4.54. The third kappa shape index (κ3) is 2.30. The third-order valence-electron chi connectivity index (χ3n) is 1.88. The monoisotopic (exact) mass is 261 g/mol. The predicted molar refractivity (Wildman–Crippen MR) is 62.1 cm³/mol. The van der Waals surface area contributed by atoms with E-state index in [1.54, 1.807) is 12.1 Å². The minimum Gasteiger partial charge on any atom is -0.240 e. The Balaban J connectivity index is 2.40. The van der Waals surface area contributed by atoms with Crippen molar-refractivity contribution in [1.82, 2.24) is 4.98 Å².